The molecule has 0 aliphatic heterocycles. The standard InChI is InChI=1S/C19H18Cl2N4OS/c1-10-5-11(2)17(12(3)16(10)21)26-18-19(27-22-4)24-9-15(25-18)13-6-14(20)8-23-7-13/h5-9,22H,1-4H3. The molecule has 3 aromatic rings. The van der Waals surface area contributed by atoms with Crippen LogP contribution in [0.5, 0.6) is 11.6 Å². The summed E-state index contributed by atoms with van der Waals surface area (Å²) in [5.74, 6) is 1.07. The van der Waals surface area contributed by atoms with Gasteiger partial charge in [0.05, 0.1) is 21.9 Å². The van der Waals surface area contributed by atoms with E-state index in [1.165, 1.54) is 11.9 Å². The topological polar surface area (TPSA) is 59.9 Å². The summed E-state index contributed by atoms with van der Waals surface area (Å²) < 4.78 is 9.18. The van der Waals surface area contributed by atoms with Crippen molar-refractivity contribution in [3.8, 4) is 22.9 Å². The van der Waals surface area contributed by atoms with Gasteiger partial charge in [-0.05, 0) is 57.0 Å². The molecule has 0 radical (unpaired) electrons. The number of hydrogen-bond donors (Lipinski definition) is 1. The lowest BCUT2D eigenvalue weighted by atomic mass is 10.1. The van der Waals surface area contributed by atoms with E-state index in [1.54, 1.807) is 24.7 Å². The van der Waals surface area contributed by atoms with E-state index in [-0.39, 0.29) is 0 Å². The molecule has 0 aliphatic rings. The van der Waals surface area contributed by atoms with Crippen molar-refractivity contribution in [2.75, 3.05) is 7.05 Å². The molecule has 0 aliphatic carbocycles. The van der Waals surface area contributed by atoms with Gasteiger partial charge in [0.2, 0.25) is 0 Å². The second-order valence-electron chi connectivity index (χ2n) is 5.94. The molecule has 27 heavy (non-hydrogen) atoms. The highest BCUT2D eigenvalue weighted by Gasteiger charge is 2.17. The lowest BCUT2D eigenvalue weighted by Gasteiger charge is -2.16. The van der Waals surface area contributed by atoms with Gasteiger partial charge in [0.15, 0.2) is 5.03 Å². The van der Waals surface area contributed by atoms with Crippen LogP contribution < -0.4 is 9.46 Å². The van der Waals surface area contributed by atoms with Gasteiger partial charge >= 0.3 is 0 Å². The van der Waals surface area contributed by atoms with Crippen LogP contribution in [0, 0.1) is 20.8 Å². The lowest BCUT2D eigenvalue weighted by Crippen LogP contribution is -2.02. The summed E-state index contributed by atoms with van der Waals surface area (Å²) in [6.07, 6.45) is 4.92. The lowest BCUT2D eigenvalue weighted by molar-refractivity contribution is 0.439. The molecule has 140 valence electrons. The monoisotopic (exact) mass is 420 g/mol. The van der Waals surface area contributed by atoms with E-state index in [2.05, 4.69) is 19.7 Å². The van der Waals surface area contributed by atoms with Gasteiger partial charge in [-0.2, -0.15) is 0 Å². The molecular formula is C19H18Cl2N4OS. The van der Waals surface area contributed by atoms with E-state index in [1.807, 2.05) is 33.9 Å². The summed E-state index contributed by atoms with van der Waals surface area (Å²) in [6, 6.07) is 3.78. The van der Waals surface area contributed by atoms with E-state index < -0.39 is 0 Å². The van der Waals surface area contributed by atoms with Gasteiger partial charge in [-0.25, -0.2) is 9.97 Å². The van der Waals surface area contributed by atoms with Crippen LogP contribution in [0.3, 0.4) is 0 Å². The van der Waals surface area contributed by atoms with E-state index in [0.717, 1.165) is 22.3 Å². The molecule has 2 aromatic heterocycles. The second-order valence-corrected chi connectivity index (χ2v) is 7.76. The maximum atomic E-state index is 6.41. The summed E-state index contributed by atoms with van der Waals surface area (Å²) in [4.78, 5) is 13.2. The molecule has 0 saturated carbocycles. The molecule has 2 heterocycles. The van der Waals surface area contributed by atoms with Gasteiger partial charge in [-0.15, -0.1) is 0 Å². The number of benzene rings is 1. The van der Waals surface area contributed by atoms with Gasteiger partial charge in [-0.3, -0.25) is 9.71 Å². The average molecular weight is 421 g/mol. The Balaban J connectivity index is 2.08. The van der Waals surface area contributed by atoms with Crippen molar-refractivity contribution in [2.24, 2.45) is 0 Å². The smallest absolute Gasteiger partial charge is 0.254 e. The quantitative estimate of drug-likeness (QED) is 0.527. The molecule has 0 atom stereocenters. The van der Waals surface area contributed by atoms with E-state index in [9.17, 15) is 0 Å². The molecule has 0 unspecified atom stereocenters. The zero-order valence-corrected chi connectivity index (χ0v) is 17.6. The van der Waals surface area contributed by atoms with Crippen LogP contribution in [-0.4, -0.2) is 22.0 Å². The number of aryl methyl sites for hydroxylation is 2. The Bertz CT molecular complexity index is 998. The molecule has 0 spiro atoms. The first-order chi connectivity index (χ1) is 12.9. The maximum Gasteiger partial charge on any atom is 0.254 e. The van der Waals surface area contributed by atoms with Crippen molar-refractivity contribution in [2.45, 2.75) is 25.8 Å². The molecular weight excluding hydrogens is 403 g/mol. The number of hydrogen-bond acceptors (Lipinski definition) is 6. The number of halogens is 2. The molecule has 1 aromatic carbocycles. The molecule has 0 saturated heterocycles. The van der Waals surface area contributed by atoms with Crippen molar-refractivity contribution >= 4 is 35.1 Å². The van der Waals surface area contributed by atoms with E-state index >= 15 is 0 Å². The molecule has 1 N–H and O–H groups in total. The molecule has 5 nitrogen and oxygen atoms in total. The van der Waals surface area contributed by atoms with Gasteiger partial charge in [-0.1, -0.05) is 29.3 Å². The zero-order chi connectivity index (χ0) is 19.6. The first-order valence-corrected chi connectivity index (χ1v) is 9.73. The highest BCUT2D eigenvalue weighted by atomic mass is 35.5. The summed E-state index contributed by atoms with van der Waals surface area (Å²) in [7, 11) is 1.81. The second kappa shape index (κ2) is 8.44. The summed E-state index contributed by atoms with van der Waals surface area (Å²) in [5, 5.41) is 1.83. The summed E-state index contributed by atoms with van der Waals surface area (Å²) >= 11 is 13.8. The number of nitrogens with one attached hydrogen (secondary N) is 1. The minimum atomic E-state index is 0.387. The Hall–Kier alpha value is -1.86. The fraction of sp³-hybridized carbons (Fsp3) is 0.211. The van der Waals surface area contributed by atoms with Crippen molar-refractivity contribution in [3.63, 3.8) is 0 Å². The normalized spacial score (nSPS) is 10.9. The SMILES string of the molecule is CNSc1ncc(-c2cncc(Cl)c2)nc1Oc1c(C)cc(C)c(Cl)c1C. The van der Waals surface area contributed by atoms with E-state index in [0.29, 0.717) is 32.4 Å². The third-order valence-electron chi connectivity index (χ3n) is 3.91. The predicted molar refractivity (Wildman–Crippen MR) is 111 cm³/mol. The molecule has 8 heteroatoms. The van der Waals surface area contributed by atoms with Crippen molar-refractivity contribution in [3.05, 3.63) is 57.5 Å². The first kappa shape index (κ1) is 19.9. The van der Waals surface area contributed by atoms with Crippen LogP contribution >= 0.6 is 35.1 Å². The van der Waals surface area contributed by atoms with Gasteiger partial charge < -0.3 is 4.74 Å². The van der Waals surface area contributed by atoms with Crippen LogP contribution in [-0.2, 0) is 0 Å². The van der Waals surface area contributed by atoms with Crippen molar-refractivity contribution in [1.29, 1.82) is 0 Å². The van der Waals surface area contributed by atoms with Gasteiger partial charge in [0, 0.05) is 23.5 Å². The maximum absolute atomic E-state index is 6.41. The third-order valence-corrected chi connectivity index (χ3v) is 5.38. The fourth-order valence-electron chi connectivity index (χ4n) is 2.68. The molecule has 0 fully saturated rings. The Kier molecular flexibility index (Phi) is 6.22. The van der Waals surface area contributed by atoms with Crippen LogP contribution in [0.25, 0.3) is 11.3 Å². The van der Waals surface area contributed by atoms with Crippen LogP contribution in [0.15, 0.2) is 35.7 Å². The first-order valence-electron chi connectivity index (χ1n) is 8.16. The predicted octanol–water partition coefficient (Wildman–Crippen LogP) is 5.79. The number of nitrogens with zero attached hydrogens (tertiary/aromatic N) is 3. The Morgan fingerprint density at radius 1 is 1.04 bits per heavy atom. The third kappa shape index (κ3) is 4.35. The zero-order valence-electron chi connectivity index (χ0n) is 15.3. The Morgan fingerprint density at radius 2 is 1.81 bits per heavy atom. The Morgan fingerprint density at radius 3 is 2.52 bits per heavy atom. The van der Waals surface area contributed by atoms with Crippen molar-refractivity contribution < 1.29 is 4.74 Å². The van der Waals surface area contributed by atoms with Gasteiger partial charge in [0.1, 0.15) is 5.75 Å². The summed E-state index contributed by atoms with van der Waals surface area (Å²) in [6.45, 7) is 5.89. The summed E-state index contributed by atoms with van der Waals surface area (Å²) in [5.41, 5.74) is 4.23. The Labute approximate surface area is 172 Å². The molecule has 0 bridgehead atoms. The van der Waals surface area contributed by atoms with Crippen molar-refractivity contribution in [1.82, 2.24) is 19.7 Å². The number of rotatable bonds is 5. The van der Waals surface area contributed by atoms with Crippen LogP contribution in [0.2, 0.25) is 10.0 Å². The number of ether oxygens (including phenoxy) is 1. The van der Waals surface area contributed by atoms with E-state index in [4.69, 9.17) is 27.9 Å². The minimum Gasteiger partial charge on any atom is -0.436 e. The molecule has 0 amide bonds. The number of aromatic nitrogens is 3. The highest BCUT2D eigenvalue weighted by molar-refractivity contribution is 7.97. The fourth-order valence-corrected chi connectivity index (χ4v) is 3.47. The highest BCUT2D eigenvalue weighted by Crippen LogP contribution is 2.37. The van der Waals surface area contributed by atoms with Crippen LogP contribution in [0.1, 0.15) is 16.7 Å². The number of pyridine rings is 1. The van der Waals surface area contributed by atoms with Crippen LogP contribution in [0.4, 0.5) is 0 Å². The molecule has 3 rings (SSSR count). The largest absolute Gasteiger partial charge is 0.436 e. The average Bonchev–Trinajstić information content (AvgIpc) is 2.65. The van der Waals surface area contributed by atoms with Gasteiger partial charge in [0.25, 0.3) is 5.88 Å². The minimum absolute atomic E-state index is 0.387.